The molecule has 3 heteroatoms. The van der Waals surface area contributed by atoms with Crippen molar-refractivity contribution >= 4 is 11.6 Å². The largest absolute Gasteiger partial charge is 0.370 e. The molecule has 0 aliphatic heterocycles. The monoisotopic (exact) mass is 357 g/mol. The number of hydrogen-bond acceptors (Lipinski definition) is 1. The summed E-state index contributed by atoms with van der Waals surface area (Å²) in [6.07, 6.45) is 0. The van der Waals surface area contributed by atoms with Crippen LogP contribution in [0.5, 0.6) is 0 Å². The fourth-order valence-electron chi connectivity index (χ4n) is 3.09. The number of nitrogens with two attached hydrogens (primary N) is 1. The average Bonchev–Trinajstić information content (AvgIpc) is 2.66. The molecule has 0 saturated heterocycles. The number of rotatable bonds is 4. The van der Waals surface area contributed by atoms with Gasteiger partial charge in [-0.1, -0.05) is 87.5 Å². The molecule has 3 N–H and O–H groups in total. The number of nitrogens with zero attached hydrogens (tertiary/aromatic N) is 1. The molecule has 0 spiro atoms. The van der Waals surface area contributed by atoms with E-state index >= 15 is 0 Å². The zero-order chi connectivity index (χ0) is 19.4. The zero-order valence-corrected chi connectivity index (χ0v) is 16.2. The molecule has 0 bridgehead atoms. The normalized spacial score (nSPS) is 11.2. The van der Waals surface area contributed by atoms with E-state index in [-0.39, 0.29) is 11.4 Å². The lowest BCUT2D eigenvalue weighted by molar-refractivity contribution is 0.590. The van der Waals surface area contributed by atoms with Crippen molar-refractivity contribution in [1.29, 1.82) is 5.41 Å². The van der Waals surface area contributed by atoms with Gasteiger partial charge in [0, 0.05) is 5.69 Å². The van der Waals surface area contributed by atoms with Crippen LogP contribution in [0.25, 0.3) is 11.1 Å². The van der Waals surface area contributed by atoms with E-state index in [1.165, 1.54) is 5.56 Å². The lowest BCUT2D eigenvalue weighted by Crippen LogP contribution is -2.36. The molecule has 0 saturated carbocycles. The third kappa shape index (κ3) is 4.56. The summed E-state index contributed by atoms with van der Waals surface area (Å²) in [5.41, 5.74) is 11.7. The summed E-state index contributed by atoms with van der Waals surface area (Å²) < 4.78 is 0. The van der Waals surface area contributed by atoms with E-state index in [0.29, 0.717) is 6.54 Å². The summed E-state index contributed by atoms with van der Waals surface area (Å²) in [7, 11) is 0. The van der Waals surface area contributed by atoms with Crippen molar-refractivity contribution in [1.82, 2.24) is 0 Å². The molecule has 0 heterocycles. The van der Waals surface area contributed by atoms with Crippen LogP contribution in [0, 0.1) is 5.41 Å². The van der Waals surface area contributed by atoms with Crippen molar-refractivity contribution in [2.45, 2.75) is 32.7 Å². The maximum absolute atomic E-state index is 8.06. The maximum Gasteiger partial charge on any atom is 0.193 e. The van der Waals surface area contributed by atoms with Gasteiger partial charge in [-0.25, -0.2) is 0 Å². The van der Waals surface area contributed by atoms with Gasteiger partial charge < -0.3 is 10.6 Å². The Morgan fingerprint density at radius 1 is 0.852 bits per heavy atom. The van der Waals surface area contributed by atoms with Crippen molar-refractivity contribution in [3.63, 3.8) is 0 Å². The van der Waals surface area contributed by atoms with Crippen LogP contribution in [0.15, 0.2) is 78.9 Å². The summed E-state index contributed by atoms with van der Waals surface area (Å²) in [6.45, 7) is 7.19. The molecular weight excluding hydrogens is 330 g/mol. The van der Waals surface area contributed by atoms with Crippen LogP contribution in [0.4, 0.5) is 5.69 Å². The van der Waals surface area contributed by atoms with Crippen molar-refractivity contribution in [3.05, 3.63) is 90.0 Å². The van der Waals surface area contributed by atoms with Gasteiger partial charge in [0.25, 0.3) is 0 Å². The first kappa shape index (κ1) is 18.7. The molecule has 0 amide bonds. The Labute approximate surface area is 162 Å². The molecule has 0 radical (unpaired) electrons. The Morgan fingerprint density at radius 2 is 1.48 bits per heavy atom. The quantitative estimate of drug-likeness (QED) is 0.475. The smallest absolute Gasteiger partial charge is 0.193 e. The third-order valence-corrected chi connectivity index (χ3v) is 4.72. The van der Waals surface area contributed by atoms with Crippen molar-refractivity contribution in [2.75, 3.05) is 4.90 Å². The third-order valence-electron chi connectivity index (χ3n) is 4.72. The van der Waals surface area contributed by atoms with E-state index < -0.39 is 0 Å². The minimum absolute atomic E-state index is 0.0418. The van der Waals surface area contributed by atoms with Crippen LogP contribution in [0.3, 0.4) is 0 Å². The molecule has 0 aromatic heterocycles. The predicted molar refractivity (Wildman–Crippen MR) is 115 cm³/mol. The maximum atomic E-state index is 8.06. The molecule has 0 fully saturated rings. The Morgan fingerprint density at radius 3 is 2.07 bits per heavy atom. The van der Waals surface area contributed by atoms with Crippen LogP contribution in [0.2, 0.25) is 0 Å². The number of benzene rings is 3. The van der Waals surface area contributed by atoms with Gasteiger partial charge in [0.1, 0.15) is 0 Å². The number of hydrogen-bond donors (Lipinski definition) is 2. The molecule has 138 valence electrons. The molecule has 3 rings (SSSR count). The van der Waals surface area contributed by atoms with E-state index in [2.05, 4.69) is 69.3 Å². The second kappa shape index (κ2) is 7.67. The molecular formula is C24H27N3. The lowest BCUT2D eigenvalue weighted by Gasteiger charge is -2.24. The van der Waals surface area contributed by atoms with Crippen molar-refractivity contribution in [2.24, 2.45) is 5.73 Å². The lowest BCUT2D eigenvalue weighted by atomic mass is 9.87. The van der Waals surface area contributed by atoms with Crippen molar-refractivity contribution < 1.29 is 0 Å². The molecule has 3 aromatic carbocycles. The van der Waals surface area contributed by atoms with Gasteiger partial charge in [-0.15, -0.1) is 0 Å². The second-order valence-corrected chi connectivity index (χ2v) is 7.83. The van der Waals surface area contributed by atoms with Gasteiger partial charge in [0.2, 0.25) is 0 Å². The first-order valence-electron chi connectivity index (χ1n) is 9.21. The summed E-state index contributed by atoms with van der Waals surface area (Å²) in [4.78, 5) is 1.83. The highest BCUT2D eigenvalue weighted by Crippen LogP contribution is 2.26. The number of guanidine groups is 1. The molecule has 27 heavy (non-hydrogen) atoms. The van der Waals surface area contributed by atoms with E-state index in [9.17, 15) is 0 Å². The van der Waals surface area contributed by atoms with E-state index in [0.717, 1.165) is 22.4 Å². The molecule has 3 nitrogen and oxygen atoms in total. The summed E-state index contributed by atoms with van der Waals surface area (Å²) >= 11 is 0. The first-order valence-corrected chi connectivity index (χ1v) is 9.21. The summed E-state index contributed by atoms with van der Waals surface area (Å²) in [6, 6.07) is 27.0. The minimum atomic E-state index is 0.0418. The van der Waals surface area contributed by atoms with Crippen LogP contribution < -0.4 is 10.6 Å². The van der Waals surface area contributed by atoms with Crippen LogP contribution in [0.1, 0.15) is 31.9 Å². The van der Waals surface area contributed by atoms with Gasteiger partial charge in [0.05, 0.1) is 6.54 Å². The fraction of sp³-hybridized carbons (Fsp3) is 0.208. The SMILES string of the molecule is CC(C)(C)c1ccc(CN(C(=N)N)c2cccc(-c3ccccc3)c2)cc1. The van der Waals surface area contributed by atoms with Gasteiger partial charge in [-0.05, 0) is 39.8 Å². The summed E-state index contributed by atoms with van der Waals surface area (Å²) in [5, 5.41) is 8.06. The van der Waals surface area contributed by atoms with Gasteiger partial charge in [-0.3, -0.25) is 5.41 Å². The topological polar surface area (TPSA) is 53.1 Å². The highest BCUT2D eigenvalue weighted by atomic mass is 15.2. The minimum Gasteiger partial charge on any atom is -0.370 e. The fourth-order valence-corrected chi connectivity index (χ4v) is 3.09. The van der Waals surface area contributed by atoms with Crippen LogP contribution in [-0.2, 0) is 12.0 Å². The number of anilines is 1. The zero-order valence-electron chi connectivity index (χ0n) is 16.2. The summed E-state index contributed by atoms with van der Waals surface area (Å²) in [5.74, 6) is 0.0418. The molecule has 0 unspecified atom stereocenters. The van der Waals surface area contributed by atoms with Crippen LogP contribution in [-0.4, -0.2) is 5.96 Å². The Balaban J connectivity index is 1.87. The predicted octanol–water partition coefficient (Wildman–Crippen LogP) is 5.55. The Hall–Kier alpha value is -3.07. The highest BCUT2D eigenvalue weighted by molar-refractivity contribution is 5.93. The number of nitrogens with one attached hydrogen (secondary N) is 1. The van der Waals surface area contributed by atoms with E-state index in [1.807, 2.05) is 35.2 Å². The average molecular weight is 358 g/mol. The van der Waals surface area contributed by atoms with Gasteiger partial charge in [-0.2, -0.15) is 0 Å². The molecule has 0 aliphatic rings. The van der Waals surface area contributed by atoms with E-state index in [4.69, 9.17) is 11.1 Å². The van der Waals surface area contributed by atoms with E-state index in [1.54, 1.807) is 0 Å². The molecule has 3 aromatic rings. The first-order chi connectivity index (χ1) is 12.8. The highest BCUT2D eigenvalue weighted by Gasteiger charge is 2.15. The standard InChI is InChI=1S/C24H27N3/c1-24(2,3)21-14-12-18(13-15-21)17-27(23(25)26)22-11-7-10-20(16-22)19-8-5-4-6-9-19/h4-16H,17H2,1-3H3,(H3,25,26). The Kier molecular flexibility index (Phi) is 5.31. The van der Waals surface area contributed by atoms with Gasteiger partial charge >= 0.3 is 0 Å². The van der Waals surface area contributed by atoms with Crippen molar-refractivity contribution in [3.8, 4) is 11.1 Å². The molecule has 0 atom stereocenters. The van der Waals surface area contributed by atoms with Crippen LogP contribution >= 0.6 is 0 Å². The molecule has 0 aliphatic carbocycles. The Bertz CT molecular complexity index is 906. The second-order valence-electron chi connectivity index (χ2n) is 7.83. The van der Waals surface area contributed by atoms with Gasteiger partial charge in [0.15, 0.2) is 5.96 Å².